The lowest BCUT2D eigenvalue weighted by Gasteiger charge is -2.50. The van der Waals surface area contributed by atoms with E-state index in [-0.39, 0.29) is 0 Å². The molecule has 0 aromatic carbocycles. The molecule has 0 amide bonds. The summed E-state index contributed by atoms with van der Waals surface area (Å²) in [6.07, 6.45) is -130. The second-order valence-electron chi connectivity index (χ2n) is 37.0. The summed E-state index contributed by atoms with van der Waals surface area (Å²) in [5.74, 6) is -0.797. The van der Waals surface area contributed by atoms with Gasteiger partial charge in [-0.15, -0.1) is 0 Å². The quantitative estimate of drug-likeness (QED) is 0.0273. The van der Waals surface area contributed by atoms with E-state index in [2.05, 4.69) is 0 Å². The van der Waals surface area contributed by atoms with E-state index in [9.17, 15) is 199 Å². The predicted octanol–water partition coefficient (Wildman–Crippen LogP) is -27.4. The van der Waals surface area contributed by atoms with Crippen LogP contribution in [0.4, 0.5) is 0 Å². The van der Waals surface area contributed by atoms with Crippen molar-refractivity contribution in [2.24, 2.45) is 5.92 Å². The van der Waals surface area contributed by atoms with Crippen LogP contribution in [0.25, 0.3) is 0 Å². The van der Waals surface area contributed by atoms with Crippen LogP contribution in [0.2, 0.25) is 0 Å². The smallest absolute Gasteiger partial charge is 0.187 e. The lowest BCUT2D eigenvalue weighted by atomic mass is 9.91. The zero-order valence-electron chi connectivity index (χ0n) is 76.8. The van der Waals surface area contributed by atoms with Gasteiger partial charge in [-0.1, -0.05) is 6.92 Å². The maximum atomic E-state index is 11.6. The Bertz CT molecular complexity index is 3640. The molecule has 65 heteroatoms. The second-order valence-corrected chi connectivity index (χ2v) is 37.0. The molecule has 0 saturated carbocycles. The van der Waals surface area contributed by atoms with E-state index >= 15 is 0 Å². The third-order valence-electron chi connectivity index (χ3n) is 27.8. The molecule has 0 aromatic heterocycles. The monoisotopic (exact) mass is 2140 g/mol. The van der Waals surface area contributed by atoms with Gasteiger partial charge < -0.3 is 322 Å². The maximum absolute atomic E-state index is 11.6. The van der Waals surface area contributed by atoms with E-state index in [1.807, 2.05) is 0 Å². The van der Waals surface area contributed by atoms with Crippen molar-refractivity contribution in [1.82, 2.24) is 0 Å². The Balaban J connectivity index is 0.561. The van der Waals surface area contributed by atoms with Crippen LogP contribution in [0.15, 0.2) is 0 Å². The van der Waals surface area contributed by atoms with E-state index in [0.29, 0.717) is 0 Å². The van der Waals surface area contributed by atoms with E-state index in [4.69, 9.17) is 123 Å². The van der Waals surface area contributed by atoms with Crippen molar-refractivity contribution in [2.45, 2.75) is 400 Å². The molecule has 65 nitrogen and oxygen atoms in total. The lowest BCUT2D eigenvalue weighted by Crippen LogP contribution is -2.69. The molecule has 0 aliphatic carbocycles. The van der Waals surface area contributed by atoms with Crippen molar-refractivity contribution in [3.05, 3.63) is 0 Å². The molecule has 145 heavy (non-hydrogen) atoms. The standard InChI is InChI=1S/C80H136O65/c1-16-17(3-81)121-69(43(107)30(16)94)134-57-19(5-83)123-71(45(109)32(57)96)136-59-21(7-85)125-73(47(111)34(59)98)138-61-23(9-87)127-75(49(113)36(61)100)140-63-25(11-89)129-77(51(115)38(63)102)142-65-27(13-91)131-79(53(117)40(65)104)144-67-29(15-93)133-80(55(119)42(67)106)145-66-28(14-92)132-78(54(118)41(66)105)143-64-26(12-90)130-76(52(116)39(64)103)141-62-24(10-88)128-74(50(114)37(62)101)139-60-22(8-86)126-72(48(112)35(60)99)137-58-20(6-84)124-70(46(110)33(58)97)135-56-18(4-82)122-68(120-2)44(108)31(56)95/h16-119H,3-15H2,1-2H3/t16-,17?,18?,19?,20?,21?,22?,23?,24?,25?,26?,27?,28?,29?,30+,31-,32-,33-,34-,35-,36-,37-,38-,39-,40-,41-,42-,43?,44?,45?,46?,47?,48?,49?,50?,51?,52?,53?,54?,55?,56-,57-,58-,59-,60-,61-,62-,63-,64-,65-,66-,67-,68-,69+,70+,71+,72+,73+,74+,75+,76+,77+,78+,79+,80+/m1/s1. The Labute approximate surface area is 818 Å². The van der Waals surface area contributed by atoms with E-state index < -0.39 is 485 Å². The first-order valence-corrected chi connectivity index (χ1v) is 46.5. The largest absolute Gasteiger partial charge is 0.394 e. The summed E-state index contributed by atoms with van der Waals surface area (Å²) in [7, 11) is 1.13. The second kappa shape index (κ2) is 52.1. The highest BCUT2D eigenvalue weighted by Crippen LogP contribution is 2.44. The molecule has 0 bridgehead atoms. The van der Waals surface area contributed by atoms with Gasteiger partial charge in [-0.05, 0) is 0 Å². The fourth-order valence-corrected chi connectivity index (χ4v) is 19.3. The highest BCUT2D eigenvalue weighted by atomic mass is 16.8. The molecule has 0 aromatic rings. The number of methoxy groups -OCH3 is 1. The molecule has 39 N–H and O–H groups in total. The van der Waals surface area contributed by atoms with Crippen molar-refractivity contribution < 1.29 is 322 Å². The first kappa shape index (κ1) is 119. The van der Waals surface area contributed by atoms with Crippen molar-refractivity contribution >= 4 is 0 Å². The SMILES string of the molecule is CO[C@@H]1OC(CO)[C@@H](O[C@@H]2OC(CO)[C@@H](O[C@@H]3OC(CO)[C@@H](O[C@@H]4OC(CO)[C@@H](O[C@@H]5OC(CO)[C@@H](O[C@@H]6OC(CO)[C@@H](O[C@@H]7OC(CO)[C@@H](O[C@@H]8OC(CO)[C@@H](O[C@@H]9OC(CO)[C@@H](O[C@@H]%10OC(CO)[C@@H](O[C@@H]%11OC(CO)[C@@H](O[C@@H]%12OC(CO)[C@@H](O[C@@H]%13OC(CO)[C@@H](C)[C@H](O)C%13O)[C@H](O)C%12O)[C@H](O)C%11O)[C@H](O)C%10O)[C@H](O)C9O)[C@H](O)C8O)[C@H](O)C7O)[C@H](O)C6O)[C@H](O)C5O)[C@H](O)C4O)[C@H](O)C3O)[C@H](O)C2O)[C@H](O)C1O. The van der Waals surface area contributed by atoms with E-state index in [1.165, 1.54) is 6.92 Å². The zero-order chi connectivity index (χ0) is 106. The van der Waals surface area contributed by atoms with Crippen LogP contribution in [0.1, 0.15) is 6.92 Å². The molecule has 13 rings (SSSR count). The molecule has 26 unspecified atom stereocenters. The van der Waals surface area contributed by atoms with Crippen molar-refractivity contribution in [1.29, 1.82) is 0 Å². The number of ether oxygens (including phenoxy) is 26. The normalized spacial score (nSPS) is 53.6. The van der Waals surface area contributed by atoms with Gasteiger partial charge in [0.25, 0.3) is 0 Å². The van der Waals surface area contributed by atoms with Gasteiger partial charge in [0, 0.05) is 13.0 Å². The van der Waals surface area contributed by atoms with Gasteiger partial charge >= 0.3 is 0 Å². The van der Waals surface area contributed by atoms with Gasteiger partial charge in [-0.2, -0.15) is 0 Å². The van der Waals surface area contributed by atoms with Gasteiger partial charge in [-0.25, -0.2) is 0 Å². The minimum atomic E-state index is -2.37. The van der Waals surface area contributed by atoms with Crippen molar-refractivity contribution in [3.63, 3.8) is 0 Å². The Kier molecular flexibility index (Phi) is 42.9. The van der Waals surface area contributed by atoms with Crippen LogP contribution in [0.5, 0.6) is 0 Å². The Morgan fingerprint density at radius 2 is 0.221 bits per heavy atom. The third kappa shape index (κ3) is 24.7. The first-order chi connectivity index (χ1) is 68.9. The van der Waals surface area contributed by atoms with Crippen LogP contribution in [-0.4, -0.2) is 685 Å². The fraction of sp³-hybridized carbons (Fsp3) is 1.00. The summed E-state index contributed by atoms with van der Waals surface area (Å²) in [5, 5.41) is 430. The lowest BCUT2D eigenvalue weighted by molar-refractivity contribution is -0.402. The van der Waals surface area contributed by atoms with Crippen molar-refractivity contribution in [2.75, 3.05) is 93.0 Å². The number of aliphatic hydroxyl groups excluding tert-OH is 39. The number of hydrogen-bond acceptors (Lipinski definition) is 65. The highest BCUT2D eigenvalue weighted by molar-refractivity contribution is 5.06. The molecule has 0 spiro atoms. The van der Waals surface area contributed by atoms with Gasteiger partial charge in [0.1, 0.15) is 299 Å². The van der Waals surface area contributed by atoms with Gasteiger partial charge in [0.15, 0.2) is 81.8 Å². The summed E-state index contributed by atoms with van der Waals surface area (Å²) in [6, 6.07) is 0. The molecular weight excluding hydrogens is 2000 g/mol. The van der Waals surface area contributed by atoms with Gasteiger partial charge in [-0.3, -0.25) is 0 Å². The maximum Gasteiger partial charge on any atom is 0.187 e. The molecule has 846 valence electrons. The average molecular weight is 2140 g/mol. The van der Waals surface area contributed by atoms with Gasteiger partial charge in [0.05, 0.1) is 98.1 Å². The van der Waals surface area contributed by atoms with Crippen LogP contribution in [-0.2, 0) is 123 Å². The Hall–Kier alpha value is -2.60. The summed E-state index contributed by atoms with van der Waals surface area (Å²) < 4.78 is 147. The van der Waals surface area contributed by atoms with Gasteiger partial charge in [0.2, 0.25) is 0 Å². The summed E-state index contributed by atoms with van der Waals surface area (Å²) in [5.41, 5.74) is 0. The molecular formula is C80H136O65. The summed E-state index contributed by atoms with van der Waals surface area (Å²) >= 11 is 0. The number of aliphatic hydroxyl groups is 39. The Morgan fingerprint density at radius 3 is 0.324 bits per heavy atom. The van der Waals surface area contributed by atoms with Crippen LogP contribution in [0, 0.1) is 5.92 Å². The highest BCUT2D eigenvalue weighted by Gasteiger charge is 2.64. The van der Waals surface area contributed by atoms with Crippen molar-refractivity contribution in [3.8, 4) is 0 Å². The topological polar surface area (TPSA) is 1030 Å². The van der Waals surface area contributed by atoms with E-state index in [1.54, 1.807) is 0 Å². The summed E-state index contributed by atoms with van der Waals surface area (Å²) in [4.78, 5) is 0. The molecule has 13 aliphatic rings. The van der Waals surface area contributed by atoms with Crippen LogP contribution in [0.3, 0.4) is 0 Å². The minimum Gasteiger partial charge on any atom is -0.394 e. The number of hydrogen-bond donors (Lipinski definition) is 39. The average Bonchev–Trinajstić information content (AvgIpc) is 0.766. The third-order valence-corrected chi connectivity index (χ3v) is 27.8. The van der Waals surface area contributed by atoms with Crippen LogP contribution >= 0.6 is 0 Å². The molecule has 13 fully saturated rings. The fourth-order valence-electron chi connectivity index (χ4n) is 19.3. The first-order valence-electron chi connectivity index (χ1n) is 46.5. The minimum absolute atomic E-state index is 0.633. The van der Waals surface area contributed by atoms with Crippen LogP contribution < -0.4 is 0 Å². The zero-order valence-corrected chi connectivity index (χ0v) is 76.8. The molecule has 13 aliphatic heterocycles. The predicted molar refractivity (Wildman–Crippen MR) is 436 cm³/mol. The molecule has 65 atom stereocenters. The van der Waals surface area contributed by atoms with E-state index in [0.717, 1.165) is 7.11 Å². The number of rotatable bonds is 38. The molecule has 0 radical (unpaired) electrons. The Morgan fingerprint density at radius 1 is 0.131 bits per heavy atom. The summed E-state index contributed by atoms with van der Waals surface area (Å²) in [6.45, 7) is -12.4. The molecule has 13 heterocycles. The molecule has 13 saturated heterocycles.